The van der Waals surface area contributed by atoms with Crippen molar-refractivity contribution in [3.05, 3.63) is 30.1 Å². The maximum atomic E-state index is 11.5. The summed E-state index contributed by atoms with van der Waals surface area (Å²) in [4.78, 5) is 4.41. The molecule has 0 atom stereocenters. The van der Waals surface area contributed by atoms with E-state index in [1.165, 1.54) is 5.56 Å². The van der Waals surface area contributed by atoms with Crippen LogP contribution < -0.4 is 5.32 Å². The predicted octanol–water partition coefficient (Wildman–Crippen LogP) is 1.58. The monoisotopic (exact) mass is 295 g/mol. The summed E-state index contributed by atoms with van der Waals surface area (Å²) in [6.07, 6.45) is 4.45. The van der Waals surface area contributed by atoms with Crippen molar-refractivity contribution in [2.24, 2.45) is 0 Å². The van der Waals surface area contributed by atoms with Gasteiger partial charge >= 0.3 is 0 Å². The molecule has 0 spiro atoms. The van der Waals surface area contributed by atoms with Crippen LogP contribution in [0.25, 0.3) is 11.0 Å². The molecule has 2 aromatic rings. The Kier molecular flexibility index (Phi) is 4.77. The normalized spacial score (nSPS) is 12.1. The van der Waals surface area contributed by atoms with Gasteiger partial charge in [0.15, 0.2) is 0 Å². The van der Waals surface area contributed by atoms with Gasteiger partial charge in [-0.25, -0.2) is 13.4 Å². The summed E-state index contributed by atoms with van der Waals surface area (Å²) in [6.45, 7) is 3.14. The Bertz CT molecular complexity index is 677. The third kappa shape index (κ3) is 3.37. The Morgan fingerprint density at radius 1 is 1.40 bits per heavy atom. The average Bonchev–Trinajstić information content (AvgIpc) is 2.78. The summed E-state index contributed by atoms with van der Waals surface area (Å²) in [7, 11) is -0.982. The van der Waals surface area contributed by atoms with Gasteiger partial charge in [0.05, 0.1) is 5.75 Å². The Labute approximate surface area is 119 Å². The van der Waals surface area contributed by atoms with Crippen LogP contribution in [0.15, 0.2) is 24.5 Å². The highest BCUT2D eigenvalue weighted by Gasteiger charge is 2.10. The second-order valence-corrected chi connectivity index (χ2v) is 7.32. The van der Waals surface area contributed by atoms with E-state index in [2.05, 4.69) is 16.5 Å². The zero-order valence-corrected chi connectivity index (χ0v) is 12.8. The van der Waals surface area contributed by atoms with Crippen LogP contribution in [0.2, 0.25) is 0 Å². The van der Waals surface area contributed by atoms with Crippen molar-refractivity contribution in [3.8, 4) is 0 Å². The van der Waals surface area contributed by atoms with Crippen LogP contribution in [0, 0.1) is 0 Å². The van der Waals surface area contributed by atoms with Crippen LogP contribution in [0.3, 0.4) is 0 Å². The van der Waals surface area contributed by atoms with E-state index in [0.29, 0.717) is 13.0 Å². The molecule has 0 aromatic carbocycles. The topological polar surface area (TPSA) is 64.0 Å². The van der Waals surface area contributed by atoms with E-state index in [0.717, 1.165) is 17.6 Å². The number of aromatic nitrogens is 2. The van der Waals surface area contributed by atoms with Crippen molar-refractivity contribution in [3.63, 3.8) is 0 Å². The van der Waals surface area contributed by atoms with E-state index in [-0.39, 0.29) is 11.5 Å². The lowest BCUT2D eigenvalue weighted by atomic mass is 10.2. The second-order valence-electron chi connectivity index (χ2n) is 4.84. The largest absolute Gasteiger partial charge is 0.332 e. The predicted molar refractivity (Wildman–Crippen MR) is 81.4 cm³/mol. The zero-order chi connectivity index (χ0) is 14.6. The first-order valence-corrected chi connectivity index (χ1v) is 8.67. The minimum atomic E-state index is -2.89. The van der Waals surface area contributed by atoms with Crippen molar-refractivity contribution in [1.29, 1.82) is 0 Å². The maximum Gasteiger partial charge on any atom is 0.150 e. The molecule has 2 heterocycles. The number of nitrogens with one attached hydrogen (secondary N) is 1. The fraction of sp³-hybridized carbons (Fsp3) is 0.500. The molecule has 0 aliphatic heterocycles. The van der Waals surface area contributed by atoms with Gasteiger partial charge in [-0.15, -0.1) is 0 Å². The van der Waals surface area contributed by atoms with Gasteiger partial charge in [0, 0.05) is 36.6 Å². The van der Waals surface area contributed by atoms with Crippen molar-refractivity contribution >= 4 is 20.9 Å². The number of sulfone groups is 1. The molecule has 2 aromatic heterocycles. The maximum absolute atomic E-state index is 11.5. The zero-order valence-electron chi connectivity index (χ0n) is 12.0. The number of fused-ring (bicyclic) bond motifs is 1. The minimum absolute atomic E-state index is 0.211. The standard InChI is InChI=1S/C14H21N3O2S/c1-3-20(18,19)9-5-8-17-11-12(10-15-2)13-6-4-7-16-14(13)17/h4,6-7,11,15H,3,5,8-10H2,1-2H3. The SMILES string of the molecule is CCS(=O)(=O)CCCn1cc(CNC)c2cccnc21. The van der Waals surface area contributed by atoms with Crippen LogP contribution in [-0.4, -0.2) is 36.5 Å². The molecule has 1 N–H and O–H groups in total. The summed E-state index contributed by atoms with van der Waals surface area (Å²) in [5.74, 6) is 0.444. The lowest BCUT2D eigenvalue weighted by Crippen LogP contribution is -2.11. The lowest BCUT2D eigenvalue weighted by molar-refractivity contribution is 0.588. The Morgan fingerprint density at radius 3 is 2.90 bits per heavy atom. The van der Waals surface area contributed by atoms with Gasteiger partial charge in [-0.05, 0) is 31.2 Å². The molecule has 0 aliphatic rings. The van der Waals surface area contributed by atoms with Gasteiger partial charge in [0.25, 0.3) is 0 Å². The summed E-state index contributed by atoms with van der Waals surface area (Å²) in [5.41, 5.74) is 2.11. The minimum Gasteiger partial charge on any atom is -0.332 e. The lowest BCUT2D eigenvalue weighted by Gasteiger charge is -2.04. The Balaban J connectivity index is 2.18. The number of hydrogen-bond donors (Lipinski definition) is 1. The van der Waals surface area contributed by atoms with E-state index in [4.69, 9.17) is 0 Å². The first kappa shape index (κ1) is 15.0. The van der Waals surface area contributed by atoms with Crippen LogP contribution in [0.5, 0.6) is 0 Å². The molecule has 0 saturated heterocycles. The molecule has 0 fully saturated rings. The molecule has 6 heteroatoms. The number of aryl methyl sites for hydroxylation is 1. The molecule has 0 unspecified atom stereocenters. The third-order valence-electron chi connectivity index (χ3n) is 3.38. The Morgan fingerprint density at radius 2 is 2.20 bits per heavy atom. The van der Waals surface area contributed by atoms with Crippen molar-refractivity contribution in [1.82, 2.24) is 14.9 Å². The Hall–Kier alpha value is -1.40. The number of pyridine rings is 1. The molecule has 0 saturated carbocycles. The molecule has 0 aliphatic carbocycles. The van der Waals surface area contributed by atoms with Crippen LogP contribution in [0.4, 0.5) is 0 Å². The summed E-state index contributed by atoms with van der Waals surface area (Å²) in [5, 5.41) is 4.27. The van der Waals surface area contributed by atoms with Gasteiger partial charge < -0.3 is 9.88 Å². The van der Waals surface area contributed by atoms with E-state index in [1.807, 2.05) is 23.7 Å². The average molecular weight is 295 g/mol. The molecule has 0 bridgehead atoms. The number of rotatable bonds is 7. The molecule has 2 rings (SSSR count). The molecule has 0 radical (unpaired) electrons. The summed E-state index contributed by atoms with van der Waals surface area (Å²) < 4.78 is 25.1. The van der Waals surface area contributed by atoms with Gasteiger partial charge in [0.1, 0.15) is 15.5 Å². The smallest absolute Gasteiger partial charge is 0.150 e. The number of nitrogens with zero attached hydrogens (tertiary/aromatic N) is 2. The summed E-state index contributed by atoms with van der Waals surface area (Å²) >= 11 is 0. The van der Waals surface area contributed by atoms with Gasteiger partial charge in [0.2, 0.25) is 0 Å². The van der Waals surface area contributed by atoms with Crippen LogP contribution >= 0.6 is 0 Å². The quantitative estimate of drug-likeness (QED) is 0.842. The fourth-order valence-electron chi connectivity index (χ4n) is 2.30. The summed E-state index contributed by atoms with van der Waals surface area (Å²) in [6, 6.07) is 3.97. The van der Waals surface area contributed by atoms with E-state index in [9.17, 15) is 8.42 Å². The van der Waals surface area contributed by atoms with Crippen molar-refractivity contribution < 1.29 is 8.42 Å². The van der Waals surface area contributed by atoms with Crippen LogP contribution in [0.1, 0.15) is 18.9 Å². The van der Waals surface area contributed by atoms with E-state index >= 15 is 0 Å². The van der Waals surface area contributed by atoms with E-state index < -0.39 is 9.84 Å². The highest BCUT2D eigenvalue weighted by atomic mass is 32.2. The molecular formula is C14H21N3O2S. The third-order valence-corrected chi connectivity index (χ3v) is 5.17. The second kappa shape index (κ2) is 6.37. The van der Waals surface area contributed by atoms with Crippen LogP contribution in [-0.2, 0) is 22.9 Å². The molecule has 110 valence electrons. The molecule has 5 nitrogen and oxygen atoms in total. The van der Waals surface area contributed by atoms with Gasteiger partial charge in [-0.3, -0.25) is 0 Å². The van der Waals surface area contributed by atoms with E-state index in [1.54, 1.807) is 13.1 Å². The van der Waals surface area contributed by atoms with Crippen molar-refractivity contribution in [2.45, 2.75) is 26.4 Å². The van der Waals surface area contributed by atoms with Gasteiger partial charge in [-0.1, -0.05) is 6.92 Å². The number of hydrogen-bond acceptors (Lipinski definition) is 4. The first-order valence-electron chi connectivity index (χ1n) is 6.85. The molecule has 20 heavy (non-hydrogen) atoms. The molecule has 0 amide bonds. The highest BCUT2D eigenvalue weighted by Crippen LogP contribution is 2.19. The fourth-order valence-corrected chi connectivity index (χ4v) is 3.15. The highest BCUT2D eigenvalue weighted by molar-refractivity contribution is 7.91. The first-order chi connectivity index (χ1) is 9.57. The van der Waals surface area contributed by atoms with Crippen molar-refractivity contribution in [2.75, 3.05) is 18.6 Å². The molecular weight excluding hydrogens is 274 g/mol. The van der Waals surface area contributed by atoms with Gasteiger partial charge in [-0.2, -0.15) is 0 Å².